The third-order valence-corrected chi connectivity index (χ3v) is 8.38. The van der Waals surface area contributed by atoms with E-state index in [0.29, 0.717) is 41.4 Å². The Bertz CT molecular complexity index is 2220. The van der Waals surface area contributed by atoms with Gasteiger partial charge < -0.3 is 19.3 Å². The number of halogens is 4. The molecule has 268 valence electrons. The number of hydrogen-bond donors (Lipinski definition) is 0. The molecule has 0 spiro atoms. The van der Waals surface area contributed by atoms with Crippen LogP contribution in [0.25, 0.3) is 11.1 Å². The Balaban J connectivity index is 1.24. The molecular formula is C44H36F4N2O3. The van der Waals surface area contributed by atoms with Crippen LogP contribution in [-0.4, -0.2) is 19.2 Å². The molecule has 0 saturated carbocycles. The van der Waals surface area contributed by atoms with Crippen LogP contribution >= 0.6 is 0 Å². The Kier molecular flexibility index (Phi) is 11.2. The molecular weight excluding hydrogens is 680 g/mol. The highest BCUT2D eigenvalue weighted by Gasteiger charge is 2.19. The number of carbonyl (C=O) groups excluding carboxylic acids is 1. The lowest BCUT2D eigenvalue weighted by Crippen LogP contribution is -2.12. The van der Waals surface area contributed by atoms with Crippen LogP contribution in [0.15, 0.2) is 146 Å². The Morgan fingerprint density at radius 1 is 0.604 bits per heavy atom. The van der Waals surface area contributed by atoms with Crippen LogP contribution in [0.2, 0.25) is 0 Å². The van der Waals surface area contributed by atoms with E-state index >= 15 is 8.78 Å². The largest absolute Gasteiger partial charge is 0.493 e. The van der Waals surface area contributed by atoms with E-state index in [2.05, 4.69) is 6.58 Å². The Morgan fingerprint density at radius 2 is 1.09 bits per heavy atom. The fraction of sp³-hybridized carbons (Fsp3) is 0.114. The molecule has 0 unspecified atom stereocenters. The molecule has 9 heteroatoms. The van der Waals surface area contributed by atoms with Gasteiger partial charge in [-0.25, -0.2) is 22.4 Å². The molecule has 0 atom stereocenters. The van der Waals surface area contributed by atoms with Crippen molar-refractivity contribution in [2.75, 3.05) is 23.0 Å². The van der Waals surface area contributed by atoms with E-state index in [-0.39, 0.29) is 18.0 Å². The molecule has 0 amide bonds. The summed E-state index contributed by atoms with van der Waals surface area (Å²) in [4.78, 5) is 15.0. The summed E-state index contributed by atoms with van der Waals surface area (Å²) < 4.78 is 69.0. The number of anilines is 6. The smallest absolute Gasteiger partial charge is 0.333 e. The first kappa shape index (κ1) is 36.4. The molecule has 0 fully saturated rings. The maximum Gasteiger partial charge on any atom is 0.333 e. The Hall–Kier alpha value is -6.35. The van der Waals surface area contributed by atoms with Crippen molar-refractivity contribution in [1.82, 2.24) is 0 Å². The van der Waals surface area contributed by atoms with Crippen molar-refractivity contribution in [2.24, 2.45) is 0 Å². The lowest BCUT2D eigenvalue weighted by molar-refractivity contribution is -0.139. The highest BCUT2D eigenvalue weighted by atomic mass is 19.1. The first-order chi connectivity index (χ1) is 25.6. The number of ether oxygens (including phenoxy) is 2. The number of carbonyl (C=O) groups is 1. The zero-order valence-electron chi connectivity index (χ0n) is 29.2. The van der Waals surface area contributed by atoms with Gasteiger partial charge in [0.05, 0.1) is 24.6 Å². The van der Waals surface area contributed by atoms with Gasteiger partial charge in [0.25, 0.3) is 0 Å². The zero-order chi connectivity index (χ0) is 37.5. The van der Waals surface area contributed by atoms with E-state index in [1.807, 2.05) is 79.7 Å². The van der Waals surface area contributed by atoms with Crippen LogP contribution < -0.4 is 14.5 Å². The predicted octanol–water partition coefficient (Wildman–Crippen LogP) is 12.0. The van der Waals surface area contributed by atoms with Crippen molar-refractivity contribution >= 4 is 40.1 Å². The van der Waals surface area contributed by atoms with Crippen molar-refractivity contribution in [3.8, 4) is 16.9 Å². The maximum atomic E-state index is 15.3. The van der Waals surface area contributed by atoms with Crippen molar-refractivity contribution < 1.29 is 31.8 Å². The Labute approximate surface area is 306 Å². The summed E-state index contributed by atoms with van der Waals surface area (Å²) in [7, 11) is 0. The lowest BCUT2D eigenvalue weighted by atomic mass is 10.0. The second kappa shape index (κ2) is 16.3. The minimum Gasteiger partial charge on any atom is -0.493 e. The number of aryl methyl sites for hydroxylation is 1. The normalized spacial score (nSPS) is 10.8. The predicted molar refractivity (Wildman–Crippen MR) is 202 cm³/mol. The van der Waals surface area contributed by atoms with Gasteiger partial charge in [-0.3, -0.25) is 0 Å². The summed E-state index contributed by atoms with van der Waals surface area (Å²) >= 11 is 0. The van der Waals surface area contributed by atoms with Gasteiger partial charge in [-0.1, -0.05) is 43.0 Å². The summed E-state index contributed by atoms with van der Waals surface area (Å²) in [5, 5.41) is 0. The molecule has 0 saturated heterocycles. The average molecular weight is 717 g/mol. The number of rotatable bonds is 13. The summed E-state index contributed by atoms with van der Waals surface area (Å²) in [6.07, 6.45) is 0.487. The first-order valence-corrected chi connectivity index (χ1v) is 16.9. The molecule has 0 aliphatic carbocycles. The molecule has 6 aromatic carbocycles. The van der Waals surface area contributed by atoms with Gasteiger partial charge in [-0.2, -0.15) is 0 Å². The molecule has 5 nitrogen and oxygen atoms in total. The fourth-order valence-corrected chi connectivity index (χ4v) is 5.78. The third kappa shape index (κ3) is 8.76. The molecule has 0 aliphatic heterocycles. The minimum atomic E-state index is -0.731. The van der Waals surface area contributed by atoms with Crippen LogP contribution in [0, 0.1) is 30.2 Å². The Morgan fingerprint density at radius 3 is 1.57 bits per heavy atom. The van der Waals surface area contributed by atoms with Gasteiger partial charge in [0, 0.05) is 46.9 Å². The van der Waals surface area contributed by atoms with E-state index in [1.165, 1.54) is 24.3 Å². The third-order valence-electron chi connectivity index (χ3n) is 8.38. The highest BCUT2D eigenvalue weighted by Crippen LogP contribution is 2.40. The lowest BCUT2D eigenvalue weighted by Gasteiger charge is -2.27. The molecule has 6 aromatic rings. The van der Waals surface area contributed by atoms with Crippen molar-refractivity contribution in [3.63, 3.8) is 0 Å². The van der Waals surface area contributed by atoms with E-state index in [9.17, 15) is 13.6 Å². The minimum absolute atomic E-state index is 0.153. The molecule has 0 N–H and O–H groups in total. The van der Waals surface area contributed by atoms with Crippen molar-refractivity contribution in [3.05, 3.63) is 174 Å². The monoisotopic (exact) mass is 716 g/mol. The van der Waals surface area contributed by atoms with Crippen LogP contribution in [-0.2, 0) is 9.53 Å². The molecule has 53 heavy (non-hydrogen) atoms. The van der Waals surface area contributed by atoms with Crippen molar-refractivity contribution in [2.45, 2.75) is 20.3 Å². The second-order valence-corrected chi connectivity index (χ2v) is 12.4. The summed E-state index contributed by atoms with van der Waals surface area (Å²) in [5.41, 5.74) is 6.06. The van der Waals surface area contributed by atoms with Gasteiger partial charge in [-0.15, -0.1) is 0 Å². The first-order valence-electron chi connectivity index (χ1n) is 16.9. The summed E-state index contributed by atoms with van der Waals surface area (Å²) in [6, 6.07) is 36.7. The molecule has 0 bridgehead atoms. The zero-order valence-corrected chi connectivity index (χ0v) is 29.2. The second-order valence-electron chi connectivity index (χ2n) is 12.4. The van der Waals surface area contributed by atoms with Crippen LogP contribution in [0.1, 0.15) is 18.9 Å². The maximum absolute atomic E-state index is 15.3. The number of esters is 1. The topological polar surface area (TPSA) is 42.0 Å². The van der Waals surface area contributed by atoms with E-state index in [4.69, 9.17) is 9.47 Å². The summed E-state index contributed by atoms with van der Waals surface area (Å²) in [6.45, 7) is 7.60. The SMILES string of the molecule is C=C(C)C(=O)OCCCOc1ccc(N(c2ccc(-c3ccc(N(c4cccc(C)c4)c4ccc(F)cc4F)cc3)cc2)c2ccc(F)cc2F)cc1. The van der Waals surface area contributed by atoms with Crippen LogP contribution in [0.3, 0.4) is 0 Å². The summed E-state index contributed by atoms with van der Waals surface area (Å²) in [5.74, 6) is -2.64. The number of nitrogens with zero attached hydrogens (tertiary/aromatic N) is 2. The van der Waals surface area contributed by atoms with Gasteiger partial charge >= 0.3 is 5.97 Å². The van der Waals surface area contributed by atoms with Gasteiger partial charge in [0.2, 0.25) is 0 Å². The standard InChI is InChI=1S/C44H36F4N2O3/c1-29(2)44(51)53-25-5-24-52-39-20-18-37(19-21-39)49(42-22-12-33(45)27-40(42)47)35-14-8-31(9-15-35)32-10-16-36(17-11-32)50(38-7-4-6-30(3)26-38)43-23-13-34(46)28-41(43)48/h4,6-23,26-28H,1,5,24-25H2,2-3H3. The fourth-order valence-electron chi connectivity index (χ4n) is 5.78. The van der Waals surface area contributed by atoms with Crippen molar-refractivity contribution in [1.29, 1.82) is 0 Å². The van der Waals surface area contributed by atoms with E-state index in [0.717, 1.165) is 34.5 Å². The number of hydrogen-bond acceptors (Lipinski definition) is 5. The van der Waals surface area contributed by atoms with E-state index < -0.39 is 29.2 Å². The van der Waals surface area contributed by atoms with Gasteiger partial charge in [0.1, 0.15) is 29.0 Å². The van der Waals surface area contributed by atoms with Crippen LogP contribution in [0.4, 0.5) is 51.7 Å². The van der Waals surface area contributed by atoms with Crippen LogP contribution in [0.5, 0.6) is 5.75 Å². The molecule has 0 aliphatic rings. The van der Waals surface area contributed by atoms with Gasteiger partial charge in [-0.05, 0) is 115 Å². The molecule has 0 heterocycles. The van der Waals surface area contributed by atoms with Gasteiger partial charge in [0.15, 0.2) is 0 Å². The molecule has 0 aromatic heterocycles. The van der Waals surface area contributed by atoms with E-state index in [1.54, 1.807) is 41.0 Å². The molecule has 6 rings (SSSR count). The highest BCUT2D eigenvalue weighted by molar-refractivity contribution is 5.87. The average Bonchev–Trinajstić information content (AvgIpc) is 3.14. The number of benzene rings is 6. The molecule has 0 radical (unpaired) electrons. The quantitative estimate of drug-likeness (QED) is 0.0515.